The molecule has 53 heavy (non-hydrogen) atoms. The van der Waals surface area contributed by atoms with E-state index in [9.17, 15) is 0 Å². The summed E-state index contributed by atoms with van der Waals surface area (Å²) >= 11 is 1.68. The van der Waals surface area contributed by atoms with Gasteiger partial charge in [-0.25, -0.2) is 4.98 Å². The molecule has 0 amide bonds. The first kappa shape index (κ1) is 29.7. The molecule has 0 aliphatic carbocycles. The first-order valence-electron chi connectivity index (χ1n) is 17.6. The van der Waals surface area contributed by atoms with Gasteiger partial charge in [-0.3, -0.25) is 9.13 Å². The summed E-state index contributed by atoms with van der Waals surface area (Å²) in [4.78, 5) is 21.1. The average Bonchev–Trinajstić information content (AvgIpc) is 3.92. The topological polar surface area (TPSA) is 61.4 Å². The molecule has 11 aromatic rings. The Morgan fingerprint density at radius 1 is 0.377 bits per heavy atom. The van der Waals surface area contributed by atoms with Crippen LogP contribution in [-0.2, 0) is 0 Å². The molecule has 0 radical (unpaired) electrons. The number of para-hydroxylation sites is 4. The molecule has 0 aliphatic rings. The first-order chi connectivity index (χ1) is 26.3. The highest BCUT2D eigenvalue weighted by molar-refractivity contribution is 7.21. The van der Waals surface area contributed by atoms with Crippen LogP contribution in [0.25, 0.3) is 98.8 Å². The number of rotatable bonds is 5. The van der Waals surface area contributed by atoms with Crippen LogP contribution >= 0.6 is 11.3 Å². The zero-order chi connectivity index (χ0) is 34.9. The third-order valence-electron chi connectivity index (χ3n) is 10.1. The van der Waals surface area contributed by atoms with Crippen LogP contribution in [0.5, 0.6) is 0 Å². The normalized spacial score (nSPS) is 11.8. The Morgan fingerprint density at radius 2 is 0.906 bits per heavy atom. The number of nitrogens with zero attached hydrogens (tertiary/aromatic N) is 6. The molecule has 6 nitrogen and oxygen atoms in total. The predicted molar refractivity (Wildman–Crippen MR) is 218 cm³/mol. The van der Waals surface area contributed by atoms with Gasteiger partial charge in [0.1, 0.15) is 5.01 Å². The molecular weight excluding hydrogens is 669 g/mol. The largest absolute Gasteiger partial charge is 0.278 e. The fourth-order valence-electron chi connectivity index (χ4n) is 7.64. The molecule has 0 N–H and O–H groups in total. The molecule has 0 saturated carbocycles. The molecular formula is C46H28N6S. The van der Waals surface area contributed by atoms with Crippen molar-refractivity contribution in [1.82, 2.24) is 29.1 Å². The average molecular weight is 697 g/mol. The minimum absolute atomic E-state index is 0.543. The van der Waals surface area contributed by atoms with E-state index in [1.807, 2.05) is 18.2 Å². The molecule has 7 heteroatoms. The Labute approximate surface area is 307 Å². The van der Waals surface area contributed by atoms with Gasteiger partial charge in [-0.15, -0.1) is 11.3 Å². The molecule has 0 bridgehead atoms. The molecule has 0 aliphatic heterocycles. The van der Waals surface area contributed by atoms with E-state index in [4.69, 9.17) is 19.9 Å². The van der Waals surface area contributed by atoms with E-state index in [1.54, 1.807) is 11.3 Å². The van der Waals surface area contributed by atoms with Gasteiger partial charge in [0.15, 0.2) is 5.82 Å². The van der Waals surface area contributed by atoms with Crippen LogP contribution in [0.1, 0.15) is 0 Å². The summed E-state index contributed by atoms with van der Waals surface area (Å²) in [5, 5.41) is 5.52. The van der Waals surface area contributed by atoms with Crippen molar-refractivity contribution in [3.05, 3.63) is 170 Å². The Balaban J connectivity index is 1.22. The summed E-state index contributed by atoms with van der Waals surface area (Å²) in [5.74, 6) is 1.65. The van der Waals surface area contributed by atoms with Gasteiger partial charge in [0.2, 0.25) is 11.9 Å². The molecule has 0 saturated heterocycles. The van der Waals surface area contributed by atoms with E-state index in [1.165, 1.54) is 5.56 Å². The molecule has 0 atom stereocenters. The highest BCUT2D eigenvalue weighted by atomic mass is 32.1. The van der Waals surface area contributed by atoms with Crippen LogP contribution < -0.4 is 0 Å². The summed E-state index contributed by atoms with van der Waals surface area (Å²) in [7, 11) is 0. The van der Waals surface area contributed by atoms with E-state index < -0.39 is 0 Å². The third-order valence-corrected chi connectivity index (χ3v) is 11.1. The summed E-state index contributed by atoms with van der Waals surface area (Å²) in [6.07, 6.45) is 0. The molecule has 0 spiro atoms. The standard InChI is InChI=1S/C46H28N6S/c1-3-14-29(15-4-1)31-26-27-40-36(28-31)34-20-9-12-24-39(34)52(40)46-49-43(35-21-13-25-41-42(35)47-44(53-41)30-16-5-2-6-17-30)48-45(50-46)51-37-22-10-7-18-32(37)33-19-8-11-23-38(33)51/h1-28H. The molecule has 7 aromatic carbocycles. The van der Waals surface area contributed by atoms with Crippen molar-refractivity contribution in [1.29, 1.82) is 0 Å². The van der Waals surface area contributed by atoms with Crippen molar-refractivity contribution in [3.8, 4) is 45.0 Å². The van der Waals surface area contributed by atoms with Gasteiger partial charge < -0.3 is 0 Å². The van der Waals surface area contributed by atoms with Crippen molar-refractivity contribution in [2.75, 3.05) is 0 Å². The van der Waals surface area contributed by atoms with E-state index >= 15 is 0 Å². The second-order valence-electron chi connectivity index (χ2n) is 13.1. The van der Waals surface area contributed by atoms with E-state index in [-0.39, 0.29) is 0 Å². The maximum absolute atomic E-state index is 5.34. The number of fused-ring (bicyclic) bond motifs is 7. The predicted octanol–water partition coefficient (Wildman–Crippen LogP) is 11.7. The van der Waals surface area contributed by atoms with Gasteiger partial charge in [0.25, 0.3) is 0 Å². The summed E-state index contributed by atoms with van der Waals surface area (Å²) in [5.41, 5.74) is 9.26. The van der Waals surface area contributed by atoms with Crippen molar-refractivity contribution < 1.29 is 0 Å². The highest BCUT2D eigenvalue weighted by Gasteiger charge is 2.22. The van der Waals surface area contributed by atoms with E-state index in [0.717, 1.165) is 75.5 Å². The Hall–Kier alpha value is -6.96. The number of thiazole rings is 1. The van der Waals surface area contributed by atoms with Gasteiger partial charge in [-0.1, -0.05) is 127 Å². The molecule has 248 valence electrons. The Kier molecular flexibility index (Phi) is 6.62. The molecule has 4 heterocycles. The van der Waals surface area contributed by atoms with Gasteiger partial charge >= 0.3 is 0 Å². The summed E-state index contributed by atoms with van der Waals surface area (Å²) in [6.45, 7) is 0. The summed E-state index contributed by atoms with van der Waals surface area (Å²) < 4.78 is 5.42. The fourth-order valence-corrected chi connectivity index (χ4v) is 8.64. The van der Waals surface area contributed by atoms with Gasteiger partial charge in [-0.2, -0.15) is 15.0 Å². The van der Waals surface area contributed by atoms with Crippen LogP contribution in [0.2, 0.25) is 0 Å². The molecule has 0 fully saturated rings. The van der Waals surface area contributed by atoms with Gasteiger partial charge in [0.05, 0.1) is 32.3 Å². The lowest BCUT2D eigenvalue weighted by atomic mass is 10.0. The van der Waals surface area contributed by atoms with Crippen molar-refractivity contribution in [2.45, 2.75) is 0 Å². The molecule has 0 unspecified atom stereocenters. The molecule has 4 aromatic heterocycles. The third kappa shape index (κ3) is 4.71. The number of hydrogen-bond donors (Lipinski definition) is 0. The highest BCUT2D eigenvalue weighted by Crippen LogP contribution is 2.38. The second-order valence-corrected chi connectivity index (χ2v) is 14.1. The number of benzene rings is 7. The SMILES string of the molecule is c1ccc(-c2ccc3c(c2)c2ccccc2n3-c2nc(-c3cccc4sc(-c5ccccc5)nc34)nc(-n3c4ccccc4c4ccccc43)n2)cc1. The maximum Gasteiger partial charge on any atom is 0.240 e. The lowest BCUT2D eigenvalue weighted by molar-refractivity contribution is 0.893. The zero-order valence-corrected chi connectivity index (χ0v) is 29.1. The van der Waals surface area contributed by atoms with Crippen LogP contribution in [0.3, 0.4) is 0 Å². The smallest absolute Gasteiger partial charge is 0.240 e. The zero-order valence-electron chi connectivity index (χ0n) is 28.3. The summed E-state index contributed by atoms with van der Waals surface area (Å²) in [6, 6.07) is 59.2. The second kappa shape index (κ2) is 11.8. The molecule has 11 rings (SSSR count). The number of aromatic nitrogens is 6. The Bertz CT molecular complexity index is 3120. The van der Waals surface area contributed by atoms with Crippen LogP contribution in [0, 0.1) is 0 Å². The maximum atomic E-state index is 5.34. The monoisotopic (exact) mass is 696 g/mol. The van der Waals surface area contributed by atoms with Gasteiger partial charge in [-0.05, 0) is 53.6 Å². The minimum Gasteiger partial charge on any atom is -0.278 e. The van der Waals surface area contributed by atoms with Crippen molar-refractivity contribution >= 4 is 65.2 Å². The number of hydrogen-bond acceptors (Lipinski definition) is 5. The van der Waals surface area contributed by atoms with Crippen LogP contribution in [0.15, 0.2) is 170 Å². The fraction of sp³-hybridized carbons (Fsp3) is 0. The lowest BCUT2D eigenvalue weighted by Gasteiger charge is -2.13. The van der Waals surface area contributed by atoms with E-state index in [2.05, 4.69) is 161 Å². The minimum atomic E-state index is 0.543. The van der Waals surface area contributed by atoms with Crippen LogP contribution in [-0.4, -0.2) is 29.1 Å². The van der Waals surface area contributed by atoms with E-state index in [0.29, 0.717) is 17.7 Å². The van der Waals surface area contributed by atoms with Gasteiger partial charge in [0, 0.05) is 32.7 Å². The first-order valence-corrected chi connectivity index (χ1v) is 18.4. The lowest BCUT2D eigenvalue weighted by Crippen LogP contribution is -2.10. The quantitative estimate of drug-likeness (QED) is 0.180. The Morgan fingerprint density at radius 3 is 1.53 bits per heavy atom. The van der Waals surface area contributed by atoms with Crippen molar-refractivity contribution in [3.63, 3.8) is 0 Å². The van der Waals surface area contributed by atoms with Crippen LogP contribution in [0.4, 0.5) is 0 Å². The van der Waals surface area contributed by atoms with Crippen molar-refractivity contribution in [2.24, 2.45) is 0 Å².